The Hall–Kier alpha value is -3.81. The van der Waals surface area contributed by atoms with Gasteiger partial charge in [0.2, 0.25) is 5.88 Å². The van der Waals surface area contributed by atoms with Gasteiger partial charge in [-0.3, -0.25) is 24.0 Å². The molecule has 28 heavy (non-hydrogen) atoms. The third-order valence-electron chi connectivity index (χ3n) is 4.59. The Morgan fingerprint density at radius 2 is 1.96 bits per heavy atom. The van der Waals surface area contributed by atoms with E-state index >= 15 is 0 Å². The summed E-state index contributed by atoms with van der Waals surface area (Å²) in [7, 11) is 1.27. The van der Waals surface area contributed by atoms with E-state index in [1.54, 1.807) is 55.0 Å². The van der Waals surface area contributed by atoms with Gasteiger partial charge in [0, 0.05) is 24.5 Å². The van der Waals surface area contributed by atoms with E-state index in [-0.39, 0.29) is 12.0 Å². The van der Waals surface area contributed by atoms with Gasteiger partial charge in [-0.1, -0.05) is 12.1 Å². The van der Waals surface area contributed by atoms with Crippen molar-refractivity contribution >= 4 is 22.6 Å². The number of carbonyl (C=O) groups excluding carboxylic acids is 1. The van der Waals surface area contributed by atoms with Crippen molar-refractivity contribution in [3.05, 3.63) is 76.5 Å². The van der Waals surface area contributed by atoms with E-state index in [4.69, 9.17) is 4.74 Å². The second-order valence-electron chi connectivity index (χ2n) is 6.22. The van der Waals surface area contributed by atoms with Crippen molar-refractivity contribution in [3.8, 4) is 5.88 Å². The van der Waals surface area contributed by atoms with Crippen LogP contribution in [0.5, 0.6) is 5.88 Å². The van der Waals surface area contributed by atoms with E-state index in [1.807, 2.05) is 0 Å². The van der Waals surface area contributed by atoms with Crippen LogP contribution in [-0.2, 0) is 9.53 Å². The van der Waals surface area contributed by atoms with Crippen LogP contribution in [0, 0.1) is 0 Å². The van der Waals surface area contributed by atoms with Crippen molar-refractivity contribution in [3.63, 3.8) is 0 Å². The van der Waals surface area contributed by atoms with Crippen LogP contribution in [0.1, 0.15) is 23.5 Å². The number of esters is 1. The van der Waals surface area contributed by atoms with E-state index in [0.717, 1.165) is 0 Å². The molecule has 1 aromatic carbocycles. The Balaban J connectivity index is 1.95. The van der Waals surface area contributed by atoms with Crippen LogP contribution in [0.4, 0.5) is 0 Å². The van der Waals surface area contributed by atoms with E-state index in [0.29, 0.717) is 22.2 Å². The predicted molar refractivity (Wildman–Crippen MR) is 101 cm³/mol. The molecule has 140 valence electrons. The molecular formula is C20H16N4O4. The van der Waals surface area contributed by atoms with Crippen molar-refractivity contribution in [2.24, 2.45) is 0 Å². The molecule has 0 amide bonds. The molecule has 0 aliphatic carbocycles. The van der Waals surface area contributed by atoms with E-state index in [2.05, 4.69) is 15.0 Å². The second-order valence-corrected chi connectivity index (χ2v) is 6.22. The summed E-state index contributed by atoms with van der Waals surface area (Å²) in [5.41, 5.74) is 1.82. The second kappa shape index (κ2) is 7.07. The monoisotopic (exact) mass is 376 g/mol. The summed E-state index contributed by atoms with van der Waals surface area (Å²) < 4.78 is 6.13. The lowest BCUT2D eigenvalue weighted by molar-refractivity contribution is -0.140. The van der Waals surface area contributed by atoms with Crippen LogP contribution >= 0.6 is 0 Å². The normalized spacial score (nSPS) is 12.2. The van der Waals surface area contributed by atoms with E-state index in [9.17, 15) is 14.7 Å². The highest BCUT2D eigenvalue weighted by Crippen LogP contribution is 2.32. The average Bonchev–Trinajstić information content (AvgIpc) is 2.72. The maximum absolute atomic E-state index is 13.1. The maximum Gasteiger partial charge on any atom is 0.306 e. The van der Waals surface area contributed by atoms with Crippen LogP contribution < -0.4 is 5.56 Å². The van der Waals surface area contributed by atoms with Gasteiger partial charge in [0.15, 0.2) is 0 Å². The Morgan fingerprint density at radius 3 is 2.75 bits per heavy atom. The number of hydrogen-bond acceptors (Lipinski definition) is 7. The quantitative estimate of drug-likeness (QED) is 0.543. The number of pyridine rings is 1. The molecule has 4 rings (SSSR count). The Labute approximate surface area is 159 Å². The van der Waals surface area contributed by atoms with Gasteiger partial charge in [-0.2, -0.15) is 4.98 Å². The highest BCUT2D eigenvalue weighted by Gasteiger charge is 2.27. The molecule has 0 bridgehead atoms. The number of methoxy groups -OCH3 is 1. The summed E-state index contributed by atoms with van der Waals surface area (Å²) in [6, 6.07) is 10.3. The SMILES string of the molecule is COC(=O)CC(c1ccc2nccnc2c1)c1c(O)nc2ccccn2c1=O. The lowest BCUT2D eigenvalue weighted by Gasteiger charge is -2.18. The number of hydrogen-bond donors (Lipinski definition) is 1. The predicted octanol–water partition coefficient (Wildman–Crippen LogP) is 2.04. The van der Waals surface area contributed by atoms with Crippen LogP contribution in [0.25, 0.3) is 16.7 Å². The molecule has 8 nitrogen and oxygen atoms in total. The van der Waals surface area contributed by atoms with Crippen molar-refractivity contribution in [1.29, 1.82) is 0 Å². The van der Waals surface area contributed by atoms with E-state index in [1.165, 1.54) is 11.5 Å². The fourth-order valence-corrected chi connectivity index (χ4v) is 3.23. The Morgan fingerprint density at radius 1 is 1.18 bits per heavy atom. The number of aromatic nitrogens is 4. The minimum absolute atomic E-state index is 0.0253. The van der Waals surface area contributed by atoms with Gasteiger partial charge < -0.3 is 9.84 Å². The molecule has 1 N–H and O–H groups in total. The molecule has 1 atom stereocenters. The lowest BCUT2D eigenvalue weighted by atomic mass is 9.89. The minimum atomic E-state index is -0.754. The highest BCUT2D eigenvalue weighted by molar-refractivity contribution is 5.76. The number of ether oxygens (including phenoxy) is 1. The molecule has 0 saturated heterocycles. The Bertz CT molecular complexity index is 1250. The first-order chi connectivity index (χ1) is 13.6. The summed E-state index contributed by atoms with van der Waals surface area (Å²) in [5.74, 6) is -1.68. The summed E-state index contributed by atoms with van der Waals surface area (Å²) >= 11 is 0. The van der Waals surface area contributed by atoms with Gasteiger partial charge in [0.1, 0.15) is 5.65 Å². The van der Waals surface area contributed by atoms with Gasteiger partial charge >= 0.3 is 5.97 Å². The summed E-state index contributed by atoms with van der Waals surface area (Å²) in [6.07, 6.45) is 4.57. The van der Waals surface area contributed by atoms with Crippen molar-refractivity contribution < 1.29 is 14.6 Å². The minimum Gasteiger partial charge on any atom is -0.493 e. The van der Waals surface area contributed by atoms with E-state index < -0.39 is 23.3 Å². The molecule has 0 radical (unpaired) electrons. The molecule has 3 aromatic heterocycles. The van der Waals surface area contributed by atoms with Gasteiger partial charge in [-0.05, 0) is 29.8 Å². The van der Waals surface area contributed by atoms with Crippen LogP contribution in [0.2, 0.25) is 0 Å². The van der Waals surface area contributed by atoms with Crippen molar-refractivity contribution in [1.82, 2.24) is 19.4 Å². The van der Waals surface area contributed by atoms with Crippen LogP contribution in [0.3, 0.4) is 0 Å². The number of rotatable bonds is 4. The molecule has 0 saturated carbocycles. The zero-order valence-electron chi connectivity index (χ0n) is 14.9. The van der Waals surface area contributed by atoms with Crippen molar-refractivity contribution in [2.75, 3.05) is 7.11 Å². The largest absolute Gasteiger partial charge is 0.493 e. The molecule has 0 fully saturated rings. The lowest BCUT2D eigenvalue weighted by Crippen LogP contribution is -2.24. The molecule has 0 spiro atoms. The number of benzene rings is 1. The number of fused-ring (bicyclic) bond motifs is 2. The fraction of sp³-hybridized carbons (Fsp3) is 0.150. The topological polar surface area (TPSA) is 107 Å². The number of aromatic hydroxyl groups is 1. The molecule has 0 aliphatic heterocycles. The first-order valence-electron chi connectivity index (χ1n) is 8.56. The van der Waals surface area contributed by atoms with Crippen LogP contribution in [-0.4, -0.2) is 37.5 Å². The maximum atomic E-state index is 13.1. The number of carbonyl (C=O) groups is 1. The summed E-state index contributed by atoms with van der Waals surface area (Å²) in [5, 5.41) is 10.5. The van der Waals surface area contributed by atoms with Gasteiger partial charge in [-0.15, -0.1) is 0 Å². The van der Waals surface area contributed by atoms with Gasteiger partial charge in [0.25, 0.3) is 5.56 Å². The molecule has 0 aliphatic rings. The highest BCUT2D eigenvalue weighted by atomic mass is 16.5. The molecule has 8 heteroatoms. The third-order valence-corrected chi connectivity index (χ3v) is 4.59. The first-order valence-corrected chi connectivity index (χ1v) is 8.56. The molecule has 4 aromatic rings. The zero-order valence-corrected chi connectivity index (χ0v) is 14.9. The zero-order chi connectivity index (χ0) is 19.7. The summed E-state index contributed by atoms with van der Waals surface area (Å²) in [4.78, 5) is 37.8. The summed E-state index contributed by atoms with van der Waals surface area (Å²) in [6.45, 7) is 0. The number of nitrogens with zero attached hydrogens (tertiary/aromatic N) is 4. The third kappa shape index (κ3) is 3.05. The molecular weight excluding hydrogens is 360 g/mol. The molecule has 3 heterocycles. The van der Waals surface area contributed by atoms with Gasteiger partial charge in [-0.25, -0.2) is 0 Å². The smallest absolute Gasteiger partial charge is 0.306 e. The average molecular weight is 376 g/mol. The first kappa shape index (κ1) is 17.6. The van der Waals surface area contributed by atoms with Gasteiger partial charge in [0.05, 0.1) is 30.1 Å². The Kier molecular flexibility index (Phi) is 4.44. The fourth-order valence-electron chi connectivity index (χ4n) is 3.23. The van der Waals surface area contributed by atoms with Crippen LogP contribution in [0.15, 0.2) is 59.8 Å². The molecule has 1 unspecified atom stereocenters. The van der Waals surface area contributed by atoms with Crippen molar-refractivity contribution in [2.45, 2.75) is 12.3 Å². The standard InChI is InChI=1S/C20H16N4O4/c1-28-17(25)11-13(12-5-6-14-15(10-12)22-8-7-21-14)18-19(26)23-16-4-2-3-9-24(16)20(18)27/h2-10,13,26H,11H2,1H3.